The van der Waals surface area contributed by atoms with E-state index in [1.807, 2.05) is 6.07 Å². The minimum absolute atomic E-state index is 0.189. The normalized spacial score (nSPS) is 13.5. The predicted octanol–water partition coefficient (Wildman–Crippen LogP) is 4.24. The molecular formula is C24H19NO6. The fraction of sp³-hybridized carbons (Fsp3) is 0.125. The number of ketones is 1. The molecular weight excluding hydrogens is 398 g/mol. The predicted molar refractivity (Wildman–Crippen MR) is 113 cm³/mol. The van der Waals surface area contributed by atoms with E-state index in [0.717, 1.165) is 5.56 Å². The Bertz CT molecular complexity index is 1200. The number of nitrogens with zero attached hydrogens (tertiary/aromatic N) is 1. The zero-order valence-corrected chi connectivity index (χ0v) is 17.2. The van der Waals surface area contributed by atoms with Crippen molar-refractivity contribution >= 4 is 17.8 Å². The molecule has 0 bridgehead atoms. The first-order valence-corrected chi connectivity index (χ1v) is 9.43. The quantitative estimate of drug-likeness (QED) is 0.349. The van der Waals surface area contributed by atoms with E-state index in [1.54, 1.807) is 49.7 Å². The highest BCUT2D eigenvalue weighted by Crippen LogP contribution is 2.38. The van der Waals surface area contributed by atoms with Crippen LogP contribution < -0.4 is 18.9 Å². The number of carbonyl (C=O) groups is 2. The molecule has 4 rings (SSSR count). The molecule has 7 heteroatoms. The van der Waals surface area contributed by atoms with Gasteiger partial charge in [0, 0.05) is 18.5 Å². The number of esters is 1. The second-order valence-corrected chi connectivity index (χ2v) is 6.80. The van der Waals surface area contributed by atoms with Gasteiger partial charge in [0.15, 0.2) is 17.3 Å². The van der Waals surface area contributed by atoms with Crippen molar-refractivity contribution in [2.45, 2.75) is 6.92 Å². The summed E-state index contributed by atoms with van der Waals surface area (Å²) in [7, 11) is 3.00. The minimum atomic E-state index is -0.573. The average molecular weight is 417 g/mol. The SMILES string of the molecule is COc1ccc(C(=O)Oc2cc(C)c3c(c2)O/C(=C\c2cccnc2)C3=O)cc1OC. The highest BCUT2D eigenvalue weighted by atomic mass is 16.5. The van der Waals surface area contributed by atoms with E-state index in [0.29, 0.717) is 33.9 Å². The number of methoxy groups -OCH3 is 2. The molecule has 0 saturated heterocycles. The summed E-state index contributed by atoms with van der Waals surface area (Å²) in [4.78, 5) is 29.4. The summed E-state index contributed by atoms with van der Waals surface area (Å²) in [5, 5.41) is 0. The van der Waals surface area contributed by atoms with Gasteiger partial charge in [-0.2, -0.15) is 0 Å². The number of aromatic nitrogens is 1. The number of Topliss-reactive ketones (excluding diaryl/α,β-unsaturated/α-hetero) is 1. The number of hydrogen-bond acceptors (Lipinski definition) is 7. The van der Waals surface area contributed by atoms with Gasteiger partial charge >= 0.3 is 5.97 Å². The highest BCUT2D eigenvalue weighted by molar-refractivity contribution is 6.15. The number of fused-ring (bicyclic) bond motifs is 1. The summed E-state index contributed by atoms with van der Waals surface area (Å²) in [5.41, 5.74) is 2.13. The van der Waals surface area contributed by atoms with Crippen LogP contribution in [-0.4, -0.2) is 31.0 Å². The fourth-order valence-electron chi connectivity index (χ4n) is 3.28. The van der Waals surface area contributed by atoms with Crippen molar-refractivity contribution < 1.29 is 28.5 Å². The summed E-state index contributed by atoms with van der Waals surface area (Å²) in [6.45, 7) is 1.76. The van der Waals surface area contributed by atoms with Crippen LogP contribution in [0.15, 0.2) is 60.6 Å². The number of benzene rings is 2. The Hall–Kier alpha value is -4.13. The third-order valence-electron chi connectivity index (χ3n) is 4.76. The van der Waals surface area contributed by atoms with E-state index in [-0.39, 0.29) is 17.3 Å². The van der Waals surface area contributed by atoms with Gasteiger partial charge in [0.1, 0.15) is 11.5 Å². The van der Waals surface area contributed by atoms with Gasteiger partial charge in [-0.3, -0.25) is 9.78 Å². The van der Waals surface area contributed by atoms with Crippen LogP contribution in [0.2, 0.25) is 0 Å². The van der Waals surface area contributed by atoms with E-state index >= 15 is 0 Å². The first-order chi connectivity index (χ1) is 15.0. The lowest BCUT2D eigenvalue weighted by atomic mass is 10.0. The molecule has 31 heavy (non-hydrogen) atoms. The first kappa shape index (κ1) is 20.2. The smallest absolute Gasteiger partial charge is 0.343 e. The number of pyridine rings is 1. The van der Waals surface area contributed by atoms with Gasteiger partial charge in [-0.25, -0.2) is 4.79 Å². The number of ether oxygens (including phenoxy) is 4. The van der Waals surface area contributed by atoms with Crippen molar-refractivity contribution in [3.05, 3.63) is 82.9 Å². The van der Waals surface area contributed by atoms with E-state index in [4.69, 9.17) is 18.9 Å². The van der Waals surface area contributed by atoms with E-state index < -0.39 is 5.97 Å². The number of hydrogen-bond donors (Lipinski definition) is 0. The molecule has 156 valence electrons. The van der Waals surface area contributed by atoms with Crippen molar-refractivity contribution in [1.29, 1.82) is 0 Å². The van der Waals surface area contributed by atoms with Gasteiger partial charge in [-0.05, 0) is 54.5 Å². The maximum Gasteiger partial charge on any atom is 0.343 e. The number of rotatable bonds is 5. The van der Waals surface area contributed by atoms with Gasteiger partial charge in [-0.1, -0.05) is 6.07 Å². The number of aryl methyl sites for hydroxylation is 1. The Morgan fingerprint density at radius 1 is 1.06 bits per heavy atom. The third-order valence-corrected chi connectivity index (χ3v) is 4.76. The maximum absolute atomic E-state index is 12.8. The Morgan fingerprint density at radius 3 is 2.58 bits per heavy atom. The van der Waals surface area contributed by atoms with Gasteiger partial charge in [-0.15, -0.1) is 0 Å². The van der Waals surface area contributed by atoms with Crippen molar-refractivity contribution in [3.63, 3.8) is 0 Å². The van der Waals surface area contributed by atoms with E-state index in [9.17, 15) is 9.59 Å². The van der Waals surface area contributed by atoms with Gasteiger partial charge in [0.2, 0.25) is 5.78 Å². The lowest BCUT2D eigenvalue weighted by Gasteiger charge is -2.10. The molecule has 0 aliphatic carbocycles. The molecule has 0 amide bonds. The topological polar surface area (TPSA) is 84.0 Å². The van der Waals surface area contributed by atoms with Gasteiger partial charge < -0.3 is 18.9 Å². The van der Waals surface area contributed by atoms with Crippen LogP contribution in [0.25, 0.3) is 6.08 Å². The lowest BCUT2D eigenvalue weighted by molar-refractivity contribution is 0.0734. The summed E-state index contributed by atoms with van der Waals surface area (Å²) < 4.78 is 21.7. The Kier molecular flexibility index (Phi) is 5.41. The molecule has 3 aromatic rings. The van der Waals surface area contributed by atoms with Crippen molar-refractivity contribution in [2.75, 3.05) is 14.2 Å². The van der Waals surface area contributed by atoms with Crippen molar-refractivity contribution in [1.82, 2.24) is 4.98 Å². The second-order valence-electron chi connectivity index (χ2n) is 6.80. The fourth-order valence-corrected chi connectivity index (χ4v) is 3.28. The average Bonchev–Trinajstić information content (AvgIpc) is 3.09. The molecule has 1 aromatic heterocycles. The van der Waals surface area contributed by atoms with Gasteiger partial charge in [0.05, 0.1) is 25.3 Å². The van der Waals surface area contributed by atoms with Crippen molar-refractivity contribution in [2.24, 2.45) is 0 Å². The molecule has 2 aromatic carbocycles. The zero-order valence-electron chi connectivity index (χ0n) is 17.2. The van der Waals surface area contributed by atoms with Crippen LogP contribution in [-0.2, 0) is 0 Å². The number of allylic oxidation sites excluding steroid dienone is 1. The van der Waals surface area contributed by atoms with Crippen LogP contribution >= 0.6 is 0 Å². The summed E-state index contributed by atoms with van der Waals surface area (Å²) in [6, 6.07) is 11.5. The molecule has 1 aliphatic heterocycles. The minimum Gasteiger partial charge on any atom is -0.493 e. The second kappa shape index (κ2) is 8.31. The van der Waals surface area contributed by atoms with Gasteiger partial charge in [0.25, 0.3) is 0 Å². The Morgan fingerprint density at radius 2 is 1.87 bits per heavy atom. The number of carbonyl (C=O) groups excluding carboxylic acids is 2. The third kappa shape index (κ3) is 3.98. The molecule has 0 atom stereocenters. The Balaban J connectivity index is 1.59. The maximum atomic E-state index is 12.8. The van der Waals surface area contributed by atoms with Crippen LogP contribution in [0.3, 0.4) is 0 Å². The Labute approximate surface area is 178 Å². The summed E-state index contributed by atoms with van der Waals surface area (Å²) >= 11 is 0. The zero-order chi connectivity index (χ0) is 22.0. The molecule has 0 fully saturated rings. The van der Waals surface area contributed by atoms with E-state index in [2.05, 4.69) is 4.98 Å². The first-order valence-electron chi connectivity index (χ1n) is 9.43. The molecule has 2 heterocycles. The monoisotopic (exact) mass is 417 g/mol. The molecule has 0 N–H and O–H groups in total. The van der Waals surface area contributed by atoms with Crippen LogP contribution in [0.5, 0.6) is 23.0 Å². The van der Waals surface area contributed by atoms with Crippen LogP contribution in [0, 0.1) is 6.92 Å². The standard InChI is InChI=1S/C24H19NO6/c1-14-9-17(30-24(27)16-6-7-18(28-2)19(11-16)29-3)12-20-22(14)23(26)21(31-20)10-15-5-4-8-25-13-15/h4-13H,1-3H3/b21-10-. The lowest BCUT2D eigenvalue weighted by Crippen LogP contribution is -2.09. The van der Waals surface area contributed by atoms with Crippen molar-refractivity contribution in [3.8, 4) is 23.0 Å². The molecule has 1 aliphatic rings. The molecule has 0 spiro atoms. The van der Waals surface area contributed by atoms with E-state index in [1.165, 1.54) is 26.4 Å². The summed E-state index contributed by atoms with van der Waals surface area (Å²) in [5.74, 6) is 0.925. The summed E-state index contributed by atoms with van der Waals surface area (Å²) in [6.07, 6.45) is 4.91. The van der Waals surface area contributed by atoms with Crippen LogP contribution in [0.1, 0.15) is 31.8 Å². The molecule has 7 nitrogen and oxygen atoms in total. The highest BCUT2D eigenvalue weighted by Gasteiger charge is 2.30. The molecule has 0 radical (unpaired) electrons. The largest absolute Gasteiger partial charge is 0.493 e. The molecule has 0 unspecified atom stereocenters. The molecule has 0 saturated carbocycles. The van der Waals surface area contributed by atoms with Crippen LogP contribution in [0.4, 0.5) is 0 Å².